The number of hydrogen-bond donors (Lipinski definition) is 1. The van der Waals surface area contributed by atoms with Gasteiger partial charge in [-0.3, -0.25) is 14.5 Å². The van der Waals surface area contributed by atoms with E-state index >= 15 is 0 Å². The molecular formula is C27H34FN3O5. The minimum absolute atomic E-state index is 0.0227. The maximum Gasteiger partial charge on any atom is 0.225 e. The third kappa shape index (κ3) is 6.33. The summed E-state index contributed by atoms with van der Waals surface area (Å²) >= 11 is 0. The van der Waals surface area contributed by atoms with E-state index in [0.717, 1.165) is 11.1 Å². The number of carbonyl (C=O) groups excluding carboxylic acids is 2. The first-order chi connectivity index (χ1) is 17.5. The second-order valence-electron chi connectivity index (χ2n) is 9.14. The first kappa shape index (κ1) is 25.9. The van der Waals surface area contributed by atoms with Crippen molar-refractivity contribution in [2.75, 3.05) is 60.2 Å². The zero-order valence-corrected chi connectivity index (χ0v) is 20.9. The van der Waals surface area contributed by atoms with Gasteiger partial charge >= 0.3 is 0 Å². The van der Waals surface area contributed by atoms with Crippen molar-refractivity contribution in [3.63, 3.8) is 0 Å². The molecule has 2 amide bonds. The van der Waals surface area contributed by atoms with Gasteiger partial charge in [0.1, 0.15) is 5.82 Å². The fraction of sp³-hybridized carbons (Fsp3) is 0.481. The lowest BCUT2D eigenvalue weighted by molar-refractivity contribution is -0.129. The molecule has 4 rings (SSSR count). The fourth-order valence-corrected chi connectivity index (χ4v) is 4.87. The van der Waals surface area contributed by atoms with Crippen LogP contribution in [-0.4, -0.2) is 81.8 Å². The highest BCUT2D eigenvalue weighted by Crippen LogP contribution is 2.28. The molecule has 8 nitrogen and oxygen atoms in total. The summed E-state index contributed by atoms with van der Waals surface area (Å²) < 4.78 is 30.0. The van der Waals surface area contributed by atoms with Gasteiger partial charge in [0.25, 0.3) is 0 Å². The highest BCUT2D eigenvalue weighted by molar-refractivity contribution is 5.89. The van der Waals surface area contributed by atoms with Crippen molar-refractivity contribution in [2.45, 2.75) is 18.9 Å². The van der Waals surface area contributed by atoms with Gasteiger partial charge in [0.2, 0.25) is 11.8 Å². The van der Waals surface area contributed by atoms with Gasteiger partial charge in [-0.2, -0.15) is 0 Å². The molecule has 2 heterocycles. The van der Waals surface area contributed by atoms with Crippen LogP contribution >= 0.6 is 0 Å². The third-order valence-electron chi connectivity index (χ3n) is 6.89. The van der Waals surface area contributed by atoms with Crippen molar-refractivity contribution < 1.29 is 28.2 Å². The molecule has 0 aliphatic carbocycles. The number of methoxy groups -OCH3 is 2. The van der Waals surface area contributed by atoms with Crippen LogP contribution in [0, 0.1) is 11.7 Å². The Hall–Kier alpha value is -3.17. The average molecular weight is 500 g/mol. The molecule has 9 heteroatoms. The summed E-state index contributed by atoms with van der Waals surface area (Å²) in [6, 6.07) is 12.0. The van der Waals surface area contributed by atoms with Gasteiger partial charge in [0, 0.05) is 39.1 Å². The fourth-order valence-electron chi connectivity index (χ4n) is 4.87. The largest absolute Gasteiger partial charge is 0.493 e. The molecule has 36 heavy (non-hydrogen) atoms. The van der Waals surface area contributed by atoms with E-state index in [-0.39, 0.29) is 30.1 Å². The Morgan fingerprint density at radius 2 is 1.92 bits per heavy atom. The predicted octanol–water partition coefficient (Wildman–Crippen LogP) is 2.42. The van der Waals surface area contributed by atoms with E-state index in [0.29, 0.717) is 63.9 Å². The molecule has 2 aliphatic heterocycles. The van der Waals surface area contributed by atoms with E-state index in [1.165, 1.54) is 12.1 Å². The zero-order chi connectivity index (χ0) is 25.5. The van der Waals surface area contributed by atoms with Crippen LogP contribution in [0.1, 0.15) is 23.6 Å². The SMILES string of the molecule is COc1ccc(CCN2CC(C(=O)NCC(c3cccc(F)c3)N3CCOCC3)CC2=O)cc1OC. The number of morpholine rings is 1. The van der Waals surface area contributed by atoms with Crippen LogP contribution in [0.5, 0.6) is 11.5 Å². The smallest absolute Gasteiger partial charge is 0.225 e. The van der Waals surface area contributed by atoms with E-state index in [4.69, 9.17) is 14.2 Å². The molecule has 0 spiro atoms. The molecule has 1 N–H and O–H groups in total. The van der Waals surface area contributed by atoms with E-state index in [2.05, 4.69) is 10.2 Å². The van der Waals surface area contributed by atoms with Crippen molar-refractivity contribution in [1.82, 2.24) is 15.1 Å². The maximum absolute atomic E-state index is 13.9. The summed E-state index contributed by atoms with van der Waals surface area (Å²) in [5.74, 6) is 0.429. The molecule has 2 aromatic rings. The Balaban J connectivity index is 1.33. The van der Waals surface area contributed by atoms with E-state index in [9.17, 15) is 14.0 Å². The number of amides is 2. The Morgan fingerprint density at radius 1 is 1.14 bits per heavy atom. The van der Waals surface area contributed by atoms with Gasteiger partial charge in [0.15, 0.2) is 11.5 Å². The van der Waals surface area contributed by atoms with Crippen LogP contribution in [-0.2, 0) is 20.7 Å². The average Bonchev–Trinajstić information content (AvgIpc) is 3.28. The molecule has 0 aromatic heterocycles. The summed E-state index contributed by atoms with van der Waals surface area (Å²) in [5.41, 5.74) is 1.84. The van der Waals surface area contributed by atoms with Crippen LogP contribution in [0.25, 0.3) is 0 Å². The van der Waals surface area contributed by atoms with Crippen molar-refractivity contribution in [3.8, 4) is 11.5 Å². The van der Waals surface area contributed by atoms with Crippen LogP contribution in [0.15, 0.2) is 42.5 Å². The molecule has 0 saturated carbocycles. The van der Waals surface area contributed by atoms with Crippen LogP contribution in [0.3, 0.4) is 0 Å². The number of ether oxygens (including phenoxy) is 3. The quantitative estimate of drug-likeness (QED) is 0.541. The Morgan fingerprint density at radius 3 is 2.64 bits per heavy atom. The molecule has 2 aliphatic rings. The van der Waals surface area contributed by atoms with Gasteiger partial charge < -0.3 is 24.4 Å². The van der Waals surface area contributed by atoms with Crippen LogP contribution in [0.2, 0.25) is 0 Å². The van der Waals surface area contributed by atoms with Crippen LogP contribution in [0.4, 0.5) is 4.39 Å². The van der Waals surface area contributed by atoms with Crippen molar-refractivity contribution >= 4 is 11.8 Å². The van der Waals surface area contributed by atoms with Gasteiger partial charge in [-0.05, 0) is 41.8 Å². The zero-order valence-electron chi connectivity index (χ0n) is 20.9. The first-order valence-corrected chi connectivity index (χ1v) is 12.3. The maximum atomic E-state index is 13.9. The van der Waals surface area contributed by atoms with Gasteiger partial charge in [-0.25, -0.2) is 4.39 Å². The number of hydrogen-bond acceptors (Lipinski definition) is 6. The molecular weight excluding hydrogens is 465 g/mol. The van der Waals surface area contributed by atoms with Gasteiger partial charge in [-0.1, -0.05) is 18.2 Å². The lowest BCUT2D eigenvalue weighted by atomic mass is 10.0. The van der Waals surface area contributed by atoms with Crippen LogP contribution < -0.4 is 14.8 Å². The van der Waals surface area contributed by atoms with E-state index in [1.807, 2.05) is 24.3 Å². The van der Waals surface area contributed by atoms with Gasteiger partial charge in [0.05, 0.1) is 39.4 Å². The molecule has 0 radical (unpaired) electrons. The number of carbonyl (C=O) groups is 2. The third-order valence-corrected chi connectivity index (χ3v) is 6.89. The summed E-state index contributed by atoms with van der Waals surface area (Å²) in [6.07, 6.45) is 0.846. The Bertz CT molecular complexity index is 1060. The molecule has 194 valence electrons. The highest BCUT2D eigenvalue weighted by atomic mass is 19.1. The molecule has 2 fully saturated rings. The number of nitrogens with zero attached hydrogens (tertiary/aromatic N) is 2. The van der Waals surface area contributed by atoms with E-state index < -0.39 is 5.92 Å². The van der Waals surface area contributed by atoms with Crippen molar-refractivity contribution in [2.24, 2.45) is 5.92 Å². The summed E-state index contributed by atoms with van der Waals surface area (Å²) in [5, 5.41) is 3.03. The number of benzene rings is 2. The molecule has 2 atom stereocenters. The number of likely N-dealkylation sites (tertiary alicyclic amines) is 1. The number of rotatable bonds is 10. The summed E-state index contributed by atoms with van der Waals surface area (Å²) in [4.78, 5) is 29.6. The standard InChI is InChI=1S/C27H34FN3O5/c1-34-24-7-6-19(14-25(24)35-2)8-9-31-18-21(16-26(31)32)27(33)29-17-23(30-10-12-36-13-11-30)20-4-3-5-22(28)15-20/h3-7,14-15,21,23H,8-13,16-18H2,1-2H3,(H,29,33). The number of halogens is 1. The second-order valence-corrected chi connectivity index (χ2v) is 9.14. The first-order valence-electron chi connectivity index (χ1n) is 12.3. The monoisotopic (exact) mass is 499 g/mol. The molecule has 2 saturated heterocycles. The van der Waals surface area contributed by atoms with Crippen molar-refractivity contribution in [1.29, 1.82) is 0 Å². The van der Waals surface area contributed by atoms with Crippen molar-refractivity contribution in [3.05, 3.63) is 59.4 Å². The minimum atomic E-state index is -0.402. The molecule has 2 aromatic carbocycles. The summed E-state index contributed by atoms with van der Waals surface area (Å²) in [6.45, 7) is 3.89. The van der Waals surface area contributed by atoms with Gasteiger partial charge in [-0.15, -0.1) is 0 Å². The lowest BCUT2D eigenvalue weighted by Gasteiger charge is -2.35. The molecule has 2 unspecified atom stereocenters. The summed E-state index contributed by atoms with van der Waals surface area (Å²) in [7, 11) is 3.18. The highest BCUT2D eigenvalue weighted by Gasteiger charge is 2.34. The second kappa shape index (κ2) is 12.2. The molecule has 0 bridgehead atoms. The van der Waals surface area contributed by atoms with E-state index in [1.54, 1.807) is 25.2 Å². The minimum Gasteiger partial charge on any atom is -0.493 e. The topological polar surface area (TPSA) is 80.3 Å². The lowest BCUT2D eigenvalue weighted by Crippen LogP contribution is -2.45. The Kier molecular flexibility index (Phi) is 8.77. The predicted molar refractivity (Wildman–Crippen MR) is 132 cm³/mol. The normalized spacial score (nSPS) is 19.2. The number of nitrogens with one attached hydrogen (secondary N) is 1. The Labute approximate surface area is 211 Å².